The van der Waals surface area contributed by atoms with Crippen LogP contribution in [0.5, 0.6) is 0 Å². The molecule has 0 aromatic carbocycles. The highest BCUT2D eigenvalue weighted by molar-refractivity contribution is 5.74. The van der Waals surface area contributed by atoms with E-state index in [2.05, 4.69) is 24.5 Å². The van der Waals surface area contributed by atoms with Gasteiger partial charge in [-0.15, -0.1) is 0 Å². The Morgan fingerprint density at radius 3 is 2.64 bits per heavy atom. The molecule has 14 heavy (non-hydrogen) atoms. The molecule has 0 spiro atoms. The number of hydrogen-bond acceptors (Lipinski definition) is 1. The minimum Gasteiger partial charge on any atom is -0.338 e. The van der Waals surface area contributed by atoms with Crippen LogP contribution in [0.1, 0.15) is 39.5 Å². The van der Waals surface area contributed by atoms with Gasteiger partial charge in [0.2, 0.25) is 0 Å². The molecule has 1 aliphatic rings. The first kappa shape index (κ1) is 11.1. The van der Waals surface area contributed by atoms with Crippen molar-refractivity contribution in [1.82, 2.24) is 10.6 Å². The number of nitrogens with one attached hydrogen (secondary N) is 2. The van der Waals surface area contributed by atoms with Crippen LogP contribution in [0.2, 0.25) is 0 Å². The van der Waals surface area contributed by atoms with Gasteiger partial charge in [-0.2, -0.15) is 0 Å². The number of carbonyl (C=O) groups is 1. The zero-order valence-corrected chi connectivity index (χ0v) is 9.10. The Balaban J connectivity index is 2.17. The predicted molar refractivity (Wildman–Crippen MR) is 57.9 cm³/mol. The van der Waals surface area contributed by atoms with E-state index in [1.165, 1.54) is 18.4 Å². The lowest BCUT2D eigenvalue weighted by Gasteiger charge is -2.07. The van der Waals surface area contributed by atoms with Crippen molar-refractivity contribution in [3.8, 4) is 0 Å². The second kappa shape index (κ2) is 5.68. The Morgan fingerprint density at radius 2 is 2.07 bits per heavy atom. The standard InChI is InChI=1S/C11H20N2O/c1-9(2)7-12-11(14)13-8-10-5-3-4-6-10/h8-9H,3-7H2,1-2H3,(H2,12,13,14). The zero-order chi connectivity index (χ0) is 10.4. The largest absolute Gasteiger partial charge is 0.338 e. The van der Waals surface area contributed by atoms with Crippen LogP contribution in [0, 0.1) is 5.92 Å². The molecule has 3 nitrogen and oxygen atoms in total. The smallest absolute Gasteiger partial charge is 0.318 e. The van der Waals surface area contributed by atoms with E-state index < -0.39 is 0 Å². The average molecular weight is 196 g/mol. The zero-order valence-electron chi connectivity index (χ0n) is 9.10. The summed E-state index contributed by atoms with van der Waals surface area (Å²) >= 11 is 0. The summed E-state index contributed by atoms with van der Waals surface area (Å²) in [6, 6.07) is -0.0851. The molecule has 2 N–H and O–H groups in total. The Hall–Kier alpha value is -0.990. The molecule has 3 heteroatoms. The summed E-state index contributed by atoms with van der Waals surface area (Å²) in [6.07, 6.45) is 6.68. The maximum absolute atomic E-state index is 11.2. The van der Waals surface area contributed by atoms with Crippen molar-refractivity contribution in [3.63, 3.8) is 0 Å². The van der Waals surface area contributed by atoms with Gasteiger partial charge in [0, 0.05) is 12.7 Å². The quantitative estimate of drug-likeness (QED) is 0.715. The van der Waals surface area contributed by atoms with E-state index in [9.17, 15) is 4.79 Å². The second-order valence-electron chi connectivity index (χ2n) is 4.26. The van der Waals surface area contributed by atoms with Gasteiger partial charge in [-0.25, -0.2) is 4.79 Å². The minimum atomic E-state index is -0.0851. The van der Waals surface area contributed by atoms with Gasteiger partial charge in [0.05, 0.1) is 0 Å². The van der Waals surface area contributed by atoms with Crippen molar-refractivity contribution >= 4 is 6.03 Å². The third kappa shape index (κ3) is 4.30. The van der Waals surface area contributed by atoms with Crippen LogP contribution in [0.3, 0.4) is 0 Å². The summed E-state index contributed by atoms with van der Waals surface area (Å²) in [5.41, 5.74) is 1.37. The van der Waals surface area contributed by atoms with E-state index in [4.69, 9.17) is 0 Å². The first-order valence-electron chi connectivity index (χ1n) is 5.41. The van der Waals surface area contributed by atoms with Crippen LogP contribution in [-0.4, -0.2) is 12.6 Å². The van der Waals surface area contributed by atoms with E-state index in [-0.39, 0.29) is 6.03 Å². The molecule has 2 amide bonds. The first-order chi connectivity index (χ1) is 6.68. The lowest BCUT2D eigenvalue weighted by molar-refractivity contribution is 0.243. The molecule has 1 saturated carbocycles. The summed E-state index contributed by atoms with van der Waals surface area (Å²) < 4.78 is 0. The van der Waals surface area contributed by atoms with E-state index in [1.54, 1.807) is 0 Å². The molecular weight excluding hydrogens is 176 g/mol. The number of carbonyl (C=O) groups excluding carboxylic acids is 1. The first-order valence-corrected chi connectivity index (χ1v) is 5.41. The Bertz CT molecular complexity index is 213. The van der Waals surface area contributed by atoms with Gasteiger partial charge in [0.25, 0.3) is 0 Å². The summed E-state index contributed by atoms with van der Waals surface area (Å²) in [7, 11) is 0. The molecule has 1 fully saturated rings. The van der Waals surface area contributed by atoms with Crippen molar-refractivity contribution in [2.75, 3.05) is 6.54 Å². The van der Waals surface area contributed by atoms with Gasteiger partial charge in [0.15, 0.2) is 0 Å². The number of rotatable bonds is 3. The molecule has 0 saturated heterocycles. The van der Waals surface area contributed by atoms with Gasteiger partial charge < -0.3 is 10.6 Å². The molecule has 0 unspecified atom stereocenters. The minimum absolute atomic E-state index is 0.0851. The summed E-state index contributed by atoms with van der Waals surface area (Å²) in [6.45, 7) is 4.89. The normalized spacial score (nSPS) is 15.8. The average Bonchev–Trinajstić information content (AvgIpc) is 2.63. The molecule has 0 aromatic rings. The summed E-state index contributed by atoms with van der Waals surface area (Å²) in [4.78, 5) is 11.2. The fourth-order valence-electron chi connectivity index (χ4n) is 1.49. The molecule has 0 radical (unpaired) electrons. The van der Waals surface area contributed by atoms with Gasteiger partial charge >= 0.3 is 6.03 Å². The third-order valence-electron chi connectivity index (χ3n) is 2.32. The molecule has 0 aromatic heterocycles. The van der Waals surface area contributed by atoms with E-state index in [1.807, 2.05) is 6.20 Å². The van der Waals surface area contributed by atoms with Gasteiger partial charge in [0.1, 0.15) is 0 Å². The molecule has 0 aliphatic heterocycles. The van der Waals surface area contributed by atoms with Crippen molar-refractivity contribution in [2.24, 2.45) is 5.92 Å². The number of hydrogen-bond donors (Lipinski definition) is 2. The van der Waals surface area contributed by atoms with E-state index in [0.717, 1.165) is 19.4 Å². The van der Waals surface area contributed by atoms with Crippen molar-refractivity contribution < 1.29 is 4.79 Å². The topological polar surface area (TPSA) is 41.1 Å². The highest BCUT2D eigenvalue weighted by Gasteiger charge is 2.06. The SMILES string of the molecule is CC(C)CNC(=O)NC=C1CCCC1. The fourth-order valence-corrected chi connectivity index (χ4v) is 1.49. The van der Waals surface area contributed by atoms with Crippen LogP contribution in [-0.2, 0) is 0 Å². The van der Waals surface area contributed by atoms with Gasteiger partial charge in [-0.05, 0) is 31.6 Å². The van der Waals surface area contributed by atoms with Gasteiger partial charge in [-0.1, -0.05) is 19.4 Å². The molecule has 80 valence electrons. The lowest BCUT2D eigenvalue weighted by Crippen LogP contribution is -2.34. The summed E-state index contributed by atoms with van der Waals surface area (Å²) in [5, 5.41) is 5.58. The van der Waals surface area contributed by atoms with Crippen LogP contribution in [0.25, 0.3) is 0 Å². The molecular formula is C11H20N2O. The predicted octanol–water partition coefficient (Wildman–Crippen LogP) is 2.40. The number of allylic oxidation sites excluding steroid dienone is 1. The Kier molecular flexibility index (Phi) is 4.50. The van der Waals surface area contributed by atoms with E-state index in [0.29, 0.717) is 5.92 Å². The van der Waals surface area contributed by atoms with Crippen LogP contribution in [0.15, 0.2) is 11.8 Å². The number of urea groups is 1. The van der Waals surface area contributed by atoms with Crippen molar-refractivity contribution in [3.05, 3.63) is 11.8 Å². The highest BCUT2D eigenvalue weighted by atomic mass is 16.2. The maximum atomic E-state index is 11.2. The van der Waals surface area contributed by atoms with Crippen LogP contribution >= 0.6 is 0 Å². The maximum Gasteiger partial charge on any atom is 0.318 e. The number of amides is 2. The molecule has 1 rings (SSSR count). The van der Waals surface area contributed by atoms with E-state index >= 15 is 0 Å². The van der Waals surface area contributed by atoms with Crippen molar-refractivity contribution in [1.29, 1.82) is 0 Å². The second-order valence-corrected chi connectivity index (χ2v) is 4.26. The molecule has 0 atom stereocenters. The lowest BCUT2D eigenvalue weighted by atomic mass is 10.2. The highest BCUT2D eigenvalue weighted by Crippen LogP contribution is 2.22. The van der Waals surface area contributed by atoms with Crippen LogP contribution in [0.4, 0.5) is 4.79 Å². The fraction of sp³-hybridized carbons (Fsp3) is 0.727. The Labute approximate surface area is 86.0 Å². The van der Waals surface area contributed by atoms with Gasteiger partial charge in [-0.3, -0.25) is 0 Å². The summed E-state index contributed by atoms with van der Waals surface area (Å²) in [5.74, 6) is 0.500. The molecule has 0 heterocycles. The monoisotopic (exact) mass is 196 g/mol. The van der Waals surface area contributed by atoms with Crippen LogP contribution < -0.4 is 10.6 Å². The molecule has 1 aliphatic carbocycles. The third-order valence-corrected chi connectivity index (χ3v) is 2.32. The molecule has 0 bridgehead atoms. The Morgan fingerprint density at radius 1 is 1.43 bits per heavy atom. The van der Waals surface area contributed by atoms with Crippen molar-refractivity contribution in [2.45, 2.75) is 39.5 Å².